The molecule has 0 saturated heterocycles. The normalized spacial score (nSPS) is 19.2. The summed E-state index contributed by atoms with van der Waals surface area (Å²) in [5.74, 6) is -0.560. The summed E-state index contributed by atoms with van der Waals surface area (Å²) in [6, 6.07) is 8.99. The Kier molecular flexibility index (Phi) is 2.01. The Bertz CT molecular complexity index is 434. The number of aliphatic hydroxyl groups is 1. The zero-order chi connectivity index (χ0) is 11.1. The van der Waals surface area contributed by atoms with Crippen LogP contribution in [-0.4, -0.2) is 29.8 Å². The van der Waals surface area contributed by atoms with Crippen molar-refractivity contribution in [3.05, 3.63) is 41.8 Å². The number of carbonyl (C=O) groups is 1. The molecule has 1 aromatic carbocycles. The number of carbonyl (C=O) groups excluding carboxylic acids is 1. The molecule has 0 radical (unpaired) electrons. The average Bonchev–Trinajstić information content (AvgIpc) is 2.38. The zero-order valence-electron chi connectivity index (χ0n) is 8.60. The molecule has 0 fully saturated rings. The second-order valence-corrected chi connectivity index (χ2v) is 3.79. The van der Waals surface area contributed by atoms with Gasteiger partial charge in [-0.15, -0.1) is 0 Å². The molecule has 0 aromatic heterocycles. The maximum atomic E-state index is 11.9. The van der Waals surface area contributed by atoms with E-state index in [4.69, 9.17) is 4.84 Å². The Morgan fingerprint density at radius 2 is 1.80 bits per heavy atom. The van der Waals surface area contributed by atoms with E-state index in [0.29, 0.717) is 5.56 Å². The second-order valence-electron chi connectivity index (χ2n) is 3.79. The Morgan fingerprint density at radius 3 is 2.27 bits per heavy atom. The number of rotatable bonds is 1. The van der Waals surface area contributed by atoms with Crippen molar-refractivity contribution in [2.45, 2.75) is 0 Å². The minimum atomic E-state index is -0.309. The fraction of sp³-hybridized carbons (Fsp3) is 0.182. The summed E-state index contributed by atoms with van der Waals surface area (Å²) in [7, 11) is 3.16. The molecule has 1 N–H and O–H groups in total. The van der Waals surface area contributed by atoms with E-state index in [0.717, 1.165) is 0 Å². The lowest BCUT2D eigenvalue weighted by Gasteiger charge is -2.15. The van der Waals surface area contributed by atoms with Gasteiger partial charge in [-0.05, 0) is 5.56 Å². The first kappa shape index (κ1) is 9.73. The van der Waals surface area contributed by atoms with Crippen molar-refractivity contribution < 1.29 is 19.4 Å². The number of hydrogen-bond acceptors (Lipinski definition) is 3. The van der Waals surface area contributed by atoms with Crippen LogP contribution >= 0.6 is 0 Å². The average molecular weight is 206 g/mol. The van der Waals surface area contributed by atoms with Gasteiger partial charge < -0.3 is 5.11 Å². The quantitative estimate of drug-likeness (QED) is 0.707. The van der Waals surface area contributed by atoms with Crippen molar-refractivity contribution in [3.8, 4) is 0 Å². The maximum absolute atomic E-state index is 11.9. The van der Waals surface area contributed by atoms with Gasteiger partial charge in [-0.1, -0.05) is 35.0 Å². The number of likely N-dealkylation sites (N-methyl/N-ethyl adjacent to an activating group) is 1. The van der Waals surface area contributed by atoms with Crippen molar-refractivity contribution in [2.75, 3.05) is 14.1 Å². The van der Waals surface area contributed by atoms with Gasteiger partial charge in [0.15, 0.2) is 5.57 Å². The van der Waals surface area contributed by atoms with Gasteiger partial charge in [0, 0.05) is 0 Å². The Hall–Kier alpha value is -1.81. The number of quaternary nitrogens is 1. The van der Waals surface area contributed by atoms with E-state index in [1.165, 1.54) is 0 Å². The van der Waals surface area contributed by atoms with Gasteiger partial charge in [-0.3, -0.25) is 4.84 Å². The third-order valence-corrected chi connectivity index (χ3v) is 2.29. The smallest absolute Gasteiger partial charge is 0.394 e. The first-order valence-electron chi connectivity index (χ1n) is 4.59. The number of nitrogens with zero attached hydrogens (tertiary/aromatic N) is 1. The molecule has 1 aliphatic rings. The van der Waals surface area contributed by atoms with E-state index in [-0.39, 0.29) is 22.1 Å². The summed E-state index contributed by atoms with van der Waals surface area (Å²) < 4.78 is -0.309. The zero-order valence-corrected chi connectivity index (χ0v) is 8.60. The molecule has 1 aliphatic heterocycles. The number of hydrogen-bond donors (Lipinski definition) is 1. The van der Waals surface area contributed by atoms with Crippen molar-refractivity contribution >= 4 is 11.5 Å². The standard InChI is InChI=1S/C11H11NO3/c1-12(2)10(13)9(11(14)15-12)8-6-4-3-5-7-8/h3-7H,1-2H3/p+1. The molecule has 0 saturated carbocycles. The number of benzene rings is 1. The summed E-state index contributed by atoms with van der Waals surface area (Å²) in [6.45, 7) is 0. The Morgan fingerprint density at radius 1 is 1.20 bits per heavy atom. The van der Waals surface area contributed by atoms with Crippen molar-refractivity contribution in [1.29, 1.82) is 0 Å². The Labute approximate surface area is 87.6 Å². The summed E-state index contributed by atoms with van der Waals surface area (Å²) in [5, 5.41) is 9.57. The van der Waals surface area contributed by atoms with Crippen LogP contribution in [0, 0.1) is 0 Å². The molecule has 0 bridgehead atoms. The lowest BCUT2D eigenvalue weighted by Crippen LogP contribution is -2.40. The predicted molar refractivity (Wildman–Crippen MR) is 54.2 cm³/mol. The molecule has 0 aliphatic carbocycles. The van der Waals surface area contributed by atoms with E-state index in [1.807, 2.05) is 6.07 Å². The van der Waals surface area contributed by atoms with Crippen molar-refractivity contribution in [2.24, 2.45) is 0 Å². The lowest BCUT2D eigenvalue weighted by atomic mass is 10.1. The fourth-order valence-electron chi connectivity index (χ4n) is 1.52. The summed E-state index contributed by atoms with van der Waals surface area (Å²) in [5.41, 5.74) is 0.907. The summed E-state index contributed by atoms with van der Waals surface area (Å²) >= 11 is 0. The minimum Gasteiger partial charge on any atom is -0.476 e. The first-order valence-corrected chi connectivity index (χ1v) is 4.59. The number of amides is 1. The van der Waals surface area contributed by atoms with Crippen molar-refractivity contribution in [3.63, 3.8) is 0 Å². The minimum absolute atomic E-state index is 0.237. The van der Waals surface area contributed by atoms with Gasteiger partial charge in [0.2, 0.25) is 0 Å². The van der Waals surface area contributed by atoms with Crippen LogP contribution in [0.15, 0.2) is 36.3 Å². The van der Waals surface area contributed by atoms with Crippen LogP contribution in [0.3, 0.4) is 0 Å². The molecule has 4 nitrogen and oxygen atoms in total. The van der Waals surface area contributed by atoms with Crippen LogP contribution in [0.4, 0.5) is 0 Å². The maximum Gasteiger partial charge on any atom is 0.394 e. The fourth-order valence-corrected chi connectivity index (χ4v) is 1.52. The highest BCUT2D eigenvalue weighted by molar-refractivity contribution is 6.17. The number of aliphatic hydroxyl groups excluding tert-OH is 1. The molecule has 2 rings (SSSR count). The van der Waals surface area contributed by atoms with E-state index in [9.17, 15) is 9.90 Å². The largest absolute Gasteiger partial charge is 0.476 e. The van der Waals surface area contributed by atoms with Gasteiger partial charge in [0.25, 0.3) is 0 Å². The summed E-state index contributed by atoms with van der Waals surface area (Å²) in [4.78, 5) is 16.9. The number of hydroxylamine groups is 3. The van der Waals surface area contributed by atoms with Crippen LogP contribution in [-0.2, 0) is 9.63 Å². The highest BCUT2D eigenvalue weighted by atomic mass is 16.8. The van der Waals surface area contributed by atoms with Crippen LogP contribution < -0.4 is 0 Å². The highest BCUT2D eigenvalue weighted by Gasteiger charge is 2.45. The van der Waals surface area contributed by atoms with E-state index < -0.39 is 0 Å². The molecule has 0 atom stereocenters. The van der Waals surface area contributed by atoms with Gasteiger partial charge in [-0.2, -0.15) is 0 Å². The van der Waals surface area contributed by atoms with Gasteiger partial charge in [-0.25, -0.2) is 4.79 Å². The monoisotopic (exact) mass is 206 g/mol. The molecule has 1 aromatic rings. The highest BCUT2D eigenvalue weighted by Crippen LogP contribution is 2.30. The third kappa shape index (κ3) is 1.49. The van der Waals surface area contributed by atoms with Crippen LogP contribution in [0.1, 0.15) is 5.56 Å². The van der Waals surface area contributed by atoms with Crippen LogP contribution in [0.2, 0.25) is 0 Å². The molecular weight excluding hydrogens is 194 g/mol. The third-order valence-electron chi connectivity index (χ3n) is 2.29. The molecule has 15 heavy (non-hydrogen) atoms. The molecule has 1 heterocycles. The van der Waals surface area contributed by atoms with Gasteiger partial charge in [0.1, 0.15) is 14.1 Å². The Balaban J connectivity index is 2.48. The van der Waals surface area contributed by atoms with Gasteiger partial charge in [0.05, 0.1) is 0 Å². The van der Waals surface area contributed by atoms with Gasteiger partial charge >= 0.3 is 11.9 Å². The molecule has 0 spiro atoms. The lowest BCUT2D eigenvalue weighted by molar-refractivity contribution is -1.000. The van der Waals surface area contributed by atoms with Crippen LogP contribution in [0.5, 0.6) is 0 Å². The first-order chi connectivity index (χ1) is 7.02. The molecule has 4 heteroatoms. The SMILES string of the molecule is C[N+]1(C)OC(O)=C(c2ccccc2)C1=O. The van der Waals surface area contributed by atoms with E-state index in [1.54, 1.807) is 38.4 Å². The predicted octanol–water partition coefficient (Wildman–Crippen LogP) is 1.46. The van der Waals surface area contributed by atoms with Crippen molar-refractivity contribution in [1.82, 2.24) is 0 Å². The molecular formula is C11H12NO3+. The van der Waals surface area contributed by atoms with E-state index in [2.05, 4.69) is 0 Å². The molecule has 1 amide bonds. The second kappa shape index (κ2) is 3.10. The topological polar surface area (TPSA) is 46.5 Å². The van der Waals surface area contributed by atoms with E-state index >= 15 is 0 Å². The molecule has 0 unspecified atom stereocenters. The van der Waals surface area contributed by atoms with Crippen LogP contribution in [0.25, 0.3) is 5.57 Å². The summed E-state index contributed by atoms with van der Waals surface area (Å²) in [6.07, 6.45) is 0. The molecule has 78 valence electrons.